The average Bonchev–Trinajstić information content (AvgIpc) is 1.87. The summed E-state index contributed by atoms with van der Waals surface area (Å²) in [5.41, 5.74) is 0. The van der Waals surface area contributed by atoms with Gasteiger partial charge in [-0.1, -0.05) is 20.8 Å². The van der Waals surface area contributed by atoms with Crippen molar-refractivity contribution in [1.82, 2.24) is 5.01 Å². The van der Waals surface area contributed by atoms with Gasteiger partial charge in [-0.05, 0) is 18.8 Å². The van der Waals surface area contributed by atoms with Gasteiger partial charge in [0.2, 0.25) is 0 Å². The number of nitrogens with zero attached hydrogens (tertiary/aromatic N) is 1. The highest BCUT2D eigenvalue weighted by Gasteiger charge is 1.96. The first-order valence-electron chi connectivity index (χ1n) is 4.16. The van der Waals surface area contributed by atoms with Gasteiger partial charge in [0.1, 0.15) is 0 Å². The van der Waals surface area contributed by atoms with Crippen LogP contribution in [0.15, 0.2) is 0 Å². The molecular formula is C8H20N2. The lowest BCUT2D eigenvalue weighted by atomic mass is 10.1. The van der Waals surface area contributed by atoms with Crippen LogP contribution >= 0.6 is 0 Å². The average molecular weight is 144 g/mol. The summed E-state index contributed by atoms with van der Waals surface area (Å²) in [6.45, 7) is 8.56. The Balaban J connectivity index is 3.03. The Hall–Kier alpha value is -0.0800. The predicted molar refractivity (Wildman–Crippen MR) is 45.5 cm³/mol. The minimum absolute atomic E-state index is 0.810. The van der Waals surface area contributed by atoms with Gasteiger partial charge in [-0.15, -0.1) is 0 Å². The van der Waals surface area contributed by atoms with Gasteiger partial charge in [0, 0.05) is 13.1 Å². The molecule has 62 valence electrons. The Morgan fingerprint density at radius 1 is 1.40 bits per heavy atom. The third-order valence-corrected chi connectivity index (χ3v) is 1.63. The number of hydrogen-bond donors (Lipinski definition) is 1. The molecule has 0 radical (unpaired) electrons. The second-order valence-electron chi connectivity index (χ2n) is 3.16. The number of hydrazine groups is 1. The molecule has 0 spiro atoms. The third-order valence-electron chi connectivity index (χ3n) is 1.63. The van der Waals surface area contributed by atoms with Crippen molar-refractivity contribution < 1.29 is 0 Å². The van der Waals surface area contributed by atoms with E-state index < -0.39 is 0 Å². The lowest BCUT2D eigenvalue weighted by Gasteiger charge is -2.13. The van der Waals surface area contributed by atoms with Gasteiger partial charge in [0.05, 0.1) is 0 Å². The highest BCUT2D eigenvalue weighted by Crippen LogP contribution is 2.02. The highest BCUT2D eigenvalue weighted by molar-refractivity contribution is 4.49. The minimum atomic E-state index is 0.810. The number of rotatable bonds is 5. The molecule has 0 aliphatic rings. The smallest absolute Gasteiger partial charge is 0.0128 e. The van der Waals surface area contributed by atoms with Crippen LogP contribution < -0.4 is 5.84 Å². The lowest BCUT2D eigenvalue weighted by molar-refractivity contribution is 0.285. The normalized spacial score (nSPS) is 11.4. The van der Waals surface area contributed by atoms with Crippen molar-refractivity contribution in [2.75, 3.05) is 13.1 Å². The maximum atomic E-state index is 5.59. The first kappa shape index (κ1) is 9.92. The molecule has 0 fully saturated rings. The van der Waals surface area contributed by atoms with Crippen LogP contribution in [0, 0.1) is 5.92 Å². The summed E-state index contributed by atoms with van der Waals surface area (Å²) in [5, 5.41) is 1.86. The van der Waals surface area contributed by atoms with E-state index in [0.29, 0.717) is 0 Å². The molecule has 0 atom stereocenters. The van der Waals surface area contributed by atoms with Crippen molar-refractivity contribution >= 4 is 0 Å². The Labute approximate surface area is 64.4 Å². The second kappa shape index (κ2) is 5.69. The van der Waals surface area contributed by atoms with Crippen LogP contribution in [0.3, 0.4) is 0 Å². The minimum Gasteiger partial charge on any atom is -0.269 e. The molecule has 2 N–H and O–H groups in total. The summed E-state index contributed by atoms with van der Waals surface area (Å²) in [6, 6.07) is 0. The van der Waals surface area contributed by atoms with Gasteiger partial charge >= 0.3 is 0 Å². The molecule has 0 bridgehead atoms. The summed E-state index contributed by atoms with van der Waals surface area (Å²) in [5.74, 6) is 6.40. The third kappa shape index (κ3) is 6.05. The molecule has 0 aromatic carbocycles. The SMILES string of the molecule is CCN(N)CCCC(C)C. The van der Waals surface area contributed by atoms with Crippen molar-refractivity contribution in [2.45, 2.75) is 33.6 Å². The molecular weight excluding hydrogens is 124 g/mol. The van der Waals surface area contributed by atoms with Gasteiger partial charge in [-0.3, -0.25) is 5.84 Å². The zero-order chi connectivity index (χ0) is 7.98. The first-order valence-corrected chi connectivity index (χ1v) is 4.16. The van der Waals surface area contributed by atoms with E-state index in [2.05, 4.69) is 20.8 Å². The van der Waals surface area contributed by atoms with Gasteiger partial charge in [-0.25, -0.2) is 5.01 Å². The Bertz CT molecular complexity index is 71.7. The largest absolute Gasteiger partial charge is 0.269 e. The van der Waals surface area contributed by atoms with Crippen molar-refractivity contribution in [1.29, 1.82) is 0 Å². The molecule has 2 nitrogen and oxygen atoms in total. The van der Waals surface area contributed by atoms with Crippen LogP contribution in [0.5, 0.6) is 0 Å². The molecule has 2 heteroatoms. The summed E-state index contributed by atoms with van der Waals surface area (Å²) < 4.78 is 0. The van der Waals surface area contributed by atoms with E-state index in [1.54, 1.807) is 0 Å². The predicted octanol–water partition coefficient (Wildman–Crippen LogP) is 1.62. The van der Waals surface area contributed by atoms with Crippen LogP contribution in [-0.4, -0.2) is 18.1 Å². The quantitative estimate of drug-likeness (QED) is 0.469. The lowest BCUT2D eigenvalue weighted by Crippen LogP contribution is -2.31. The van der Waals surface area contributed by atoms with Crippen molar-refractivity contribution in [3.05, 3.63) is 0 Å². The Morgan fingerprint density at radius 2 is 2.00 bits per heavy atom. The summed E-state index contributed by atoms with van der Waals surface area (Å²) in [6.07, 6.45) is 2.51. The van der Waals surface area contributed by atoms with Crippen LogP contribution in [0.25, 0.3) is 0 Å². The second-order valence-corrected chi connectivity index (χ2v) is 3.16. The van der Waals surface area contributed by atoms with Crippen molar-refractivity contribution in [2.24, 2.45) is 11.8 Å². The van der Waals surface area contributed by atoms with Crippen LogP contribution in [0.1, 0.15) is 33.6 Å². The maximum absolute atomic E-state index is 5.59. The monoisotopic (exact) mass is 144 g/mol. The molecule has 0 saturated heterocycles. The zero-order valence-electron chi connectivity index (χ0n) is 7.43. The molecule has 0 aliphatic heterocycles. The van der Waals surface area contributed by atoms with E-state index in [-0.39, 0.29) is 0 Å². The van der Waals surface area contributed by atoms with Gasteiger partial charge in [0.15, 0.2) is 0 Å². The van der Waals surface area contributed by atoms with E-state index in [9.17, 15) is 0 Å². The van der Waals surface area contributed by atoms with E-state index in [1.807, 2.05) is 5.01 Å². The fourth-order valence-electron chi connectivity index (χ4n) is 0.861. The molecule has 0 heterocycles. The topological polar surface area (TPSA) is 29.3 Å². The molecule has 10 heavy (non-hydrogen) atoms. The van der Waals surface area contributed by atoms with E-state index in [4.69, 9.17) is 5.84 Å². The highest BCUT2D eigenvalue weighted by atomic mass is 15.4. The summed E-state index contributed by atoms with van der Waals surface area (Å²) in [4.78, 5) is 0. The van der Waals surface area contributed by atoms with Crippen LogP contribution in [0.2, 0.25) is 0 Å². The molecule has 0 saturated carbocycles. The molecule has 0 aliphatic carbocycles. The van der Waals surface area contributed by atoms with Gasteiger partial charge in [-0.2, -0.15) is 0 Å². The Kier molecular flexibility index (Phi) is 5.64. The molecule has 0 amide bonds. The summed E-state index contributed by atoms with van der Waals surface area (Å²) in [7, 11) is 0. The van der Waals surface area contributed by atoms with Gasteiger partial charge < -0.3 is 0 Å². The molecule has 0 unspecified atom stereocenters. The molecule has 0 rings (SSSR count). The van der Waals surface area contributed by atoms with E-state index >= 15 is 0 Å². The van der Waals surface area contributed by atoms with Crippen molar-refractivity contribution in [3.63, 3.8) is 0 Å². The maximum Gasteiger partial charge on any atom is 0.0128 e. The Morgan fingerprint density at radius 3 is 2.40 bits per heavy atom. The fourth-order valence-corrected chi connectivity index (χ4v) is 0.861. The fraction of sp³-hybridized carbons (Fsp3) is 1.00. The zero-order valence-corrected chi connectivity index (χ0v) is 7.43. The summed E-state index contributed by atoms with van der Waals surface area (Å²) >= 11 is 0. The standard InChI is InChI=1S/C8H20N2/c1-4-10(9)7-5-6-8(2)3/h8H,4-7,9H2,1-3H3. The van der Waals surface area contributed by atoms with Crippen LogP contribution in [-0.2, 0) is 0 Å². The van der Waals surface area contributed by atoms with E-state index in [0.717, 1.165) is 19.0 Å². The van der Waals surface area contributed by atoms with Crippen molar-refractivity contribution in [3.8, 4) is 0 Å². The van der Waals surface area contributed by atoms with Gasteiger partial charge in [0.25, 0.3) is 0 Å². The molecule has 0 aromatic rings. The molecule has 0 aromatic heterocycles. The van der Waals surface area contributed by atoms with Crippen LogP contribution in [0.4, 0.5) is 0 Å². The first-order chi connectivity index (χ1) is 4.66. The van der Waals surface area contributed by atoms with E-state index in [1.165, 1.54) is 12.8 Å². The number of nitrogens with two attached hydrogens (primary N) is 1. The number of hydrogen-bond acceptors (Lipinski definition) is 2.